The first-order valence-electron chi connectivity index (χ1n) is 11.5. The van der Waals surface area contributed by atoms with E-state index in [1.54, 1.807) is 24.3 Å². The number of amides is 1. The van der Waals surface area contributed by atoms with Crippen LogP contribution in [0.2, 0.25) is 0 Å². The van der Waals surface area contributed by atoms with Crippen molar-refractivity contribution in [3.8, 4) is 0 Å². The Hall–Kier alpha value is -1.64. The van der Waals surface area contributed by atoms with Crippen molar-refractivity contribution in [2.45, 2.75) is 82.8 Å². The Morgan fingerprint density at radius 2 is 1.62 bits per heavy atom. The summed E-state index contributed by atoms with van der Waals surface area (Å²) in [7, 11) is -3.75. The van der Waals surface area contributed by atoms with E-state index in [1.165, 1.54) is 0 Å². The quantitative estimate of drug-likeness (QED) is 0.446. The van der Waals surface area contributed by atoms with Crippen molar-refractivity contribution in [1.29, 1.82) is 0 Å². The molecule has 1 spiro atoms. The zero-order valence-electron chi connectivity index (χ0n) is 19.8. The molecule has 1 aliphatic carbocycles. The maximum absolute atomic E-state index is 12.3. The number of aryl methyl sites for hydroxylation is 1. The minimum atomic E-state index is -3.75. The van der Waals surface area contributed by atoms with Gasteiger partial charge in [-0.1, -0.05) is 17.7 Å². The Morgan fingerprint density at radius 1 is 1.03 bits per heavy atom. The van der Waals surface area contributed by atoms with E-state index < -0.39 is 15.7 Å². The van der Waals surface area contributed by atoms with Crippen molar-refractivity contribution in [2.24, 2.45) is 5.41 Å². The van der Waals surface area contributed by atoms with Gasteiger partial charge in [-0.3, -0.25) is 4.18 Å². The molecule has 0 unspecified atom stereocenters. The zero-order chi connectivity index (χ0) is 23.4. The first-order valence-corrected chi connectivity index (χ1v) is 12.9. The summed E-state index contributed by atoms with van der Waals surface area (Å²) in [5.41, 5.74) is 0.812. The molecule has 1 saturated carbocycles. The Labute approximate surface area is 192 Å². The third-order valence-corrected chi connectivity index (χ3v) is 7.78. The average molecular weight is 468 g/mol. The summed E-state index contributed by atoms with van der Waals surface area (Å²) in [4.78, 5) is 14.3. The lowest BCUT2D eigenvalue weighted by Gasteiger charge is -2.45. The van der Waals surface area contributed by atoms with Gasteiger partial charge in [-0.25, -0.2) is 4.79 Å². The number of piperidine rings is 1. The summed E-state index contributed by atoms with van der Waals surface area (Å²) in [5.74, 6) is 0. The minimum Gasteiger partial charge on any atom is -0.444 e. The lowest BCUT2D eigenvalue weighted by atomic mass is 9.67. The second-order valence-corrected chi connectivity index (χ2v) is 11.7. The van der Waals surface area contributed by atoms with Crippen molar-refractivity contribution in [2.75, 3.05) is 26.3 Å². The molecule has 1 aliphatic heterocycles. The highest BCUT2D eigenvalue weighted by atomic mass is 32.2. The maximum Gasteiger partial charge on any atom is 0.410 e. The number of ether oxygens (including phenoxy) is 2. The van der Waals surface area contributed by atoms with Gasteiger partial charge in [0.15, 0.2) is 0 Å². The van der Waals surface area contributed by atoms with E-state index in [0.29, 0.717) is 0 Å². The SMILES string of the molecule is Cc1ccc(S(=O)(=O)OCCOC2CCC3(CC2)CCN(C(=O)OC(C)(C)C)CC3)cc1. The largest absolute Gasteiger partial charge is 0.444 e. The lowest BCUT2D eigenvalue weighted by Crippen LogP contribution is -2.46. The van der Waals surface area contributed by atoms with Crippen LogP contribution in [0.1, 0.15) is 64.9 Å². The molecule has 0 aromatic heterocycles. The van der Waals surface area contributed by atoms with E-state index in [0.717, 1.165) is 57.2 Å². The average Bonchev–Trinajstić information content (AvgIpc) is 2.72. The third kappa shape index (κ3) is 6.93. The second-order valence-electron chi connectivity index (χ2n) is 10.1. The summed E-state index contributed by atoms with van der Waals surface area (Å²) in [6, 6.07) is 6.62. The van der Waals surface area contributed by atoms with Gasteiger partial charge in [0.2, 0.25) is 0 Å². The molecule has 1 saturated heterocycles. The Kier molecular flexibility index (Phi) is 7.89. The number of hydrogen-bond donors (Lipinski definition) is 0. The molecule has 2 fully saturated rings. The summed E-state index contributed by atoms with van der Waals surface area (Å²) in [6.45, 7) is 9.33. The molecule has 7 nitrogen and oxygen atoms in total. The molecule has 0 atom stereocenters. The summed E-state index contributed by atoms with van der Waals surface area (Å²) in [6.07, 6.45) is 5.97. The molecule has 32 heavy (non-hydrogen) atoms. The van der Waals surface area contributed by atoms with Crippen LogP contribution in [-0.4, -0.2) is 57.4 Å². The van der Waals surface area contributed by atoms with Gasteiger partial charge in [-0.05, 0) is 83.8 Å². The van der Waals surface area contributed by atoms with Crippen molar-refractivity contribution in [1.82, 2.24) is 4.90 Å². The molecule has 8 heteroatoms. The van der Waals surface area contributed by atoms with Gasteiger partial charge in [0.1, 0.15) is 5.60 Å². The van der Waals surface area contributed by atoms with Gasteiger partial charge in [0.05, 0.1) is 24.2 Å². The first kappa shape index (κ1) is 25.0. The fraction of sp³-hybridized carbons (Fsp3) is 0.708. The molecule has 3 rings (SSSR count). The monoisotopic (exact) mass is 467 g/mol. The van der Waals surface area contributed by atoms with Crippen molar-refractivity contribution in [3.05, 3.63) is 29.8 Å². The summed E-state index contributed by atoms with van der Waals surface area (Å²) in [5, 5.41) is 0. The smallest absolute Gasteiger partial charge is 0.410 e. The summed E-state index contributed by atoms with van der Waals surface area (Å²) >= 11 is 0. The van der Waals surface area contributed by atoms with E-state index >= 15 is 0 Å². The number of nitrogens with zero attached hydrogens (tertiary/aromatic N) is 1. The highest BCUT2D eigenvalue weighted by Crippen LogP contribution is 2.45. The van der Waals surface area contributed by atoms with Gasteiger partial charge in [0.25, 0.3) is 10.1 Å². The molecule has 0 N–H and O–H groups in total. The molecule has 2 aliphatic rings. The first-order chi connectivity index (χ1) is 15.0. The lowest BCUT2D eigenvalue weighted by molar-refractivity contribution is -0.0345. The fourth-order valence-corrected chi connectivity index (χ4v) is 5.38. The molecule has 1 amide bonds. The normalized spacial score (nSPS) is 19.8. The predicted molar refractivity (Wildman–Crippen MR) is 122 cm³/mol. The zero-order valence-corrected chi connectivity index (χ0v) is 20.6. The van der Waals surface area contributed by atoms with Crippen LogP contribution in [0.15, 0.2) is 29.2 Å². The molecular weight excluding hydrogens is 430 g/mol. The molecule has 0 radical (unpaired) electrons. The standard InChI is InChI=1S/C24H37NO6S/c1-19-5-7-21(8-6-19)32(27,28)30-18-17-29-20-9-11-24(12-10-20)13-15-25(16-14-24)22(26)31-23(2,3)4/h5-8,20H,9-18H2,1-4H3. The topological polar surface area (TPSA) is 82.1 Å². The predicted octanol–water partition coefficient (Wildman–Crippen LogP) is 4.68. The highest BCUT2D eigenvalue weighted by Gasteiger charge is 2.40. The van der Waals surface area contributed by atoms with Gasteiger partial charge < -0.3 is 14.4 Å². The maximum atomic E-state index is 12.3. The van der Waals surface area contributed by atoms with Crippen molar-refractivity contribution < 1.29 is 26.9 Å². The number of carbonyl (C=O) groups is 1. The van der Waals surface area contributed by atoms with Crippen molar-refractivity contribution >= 4 is 16.2 Å². The van der Waals surface area contributed by atoms with Crippen LogP contribution < -0.4 is 0 Å². The number of carbonyl (C=O) groups excluding carboxylic acids is 1. The highest BCUT2D eigenvalue weighted by molar-refractivity contribution is 7.86. The molecule has 180 valence electrons. The molecular formula is C24H37NO6S. The van der Waals surface area contributed by atoms with Gasteiger partial charge in [0, 0.05) is 13.1 Å². The van der Waals surface area contributed by atoms with E-state index in [9.17, 15) is 13.2 Å². The van der Waals surface area contributed by atoms with Gasteiger partial charge >= 0.3 is 6.09 Å². The Balaban J connectivity index is 1.36. The van der Waals surface area contributed by atoms with Gasteiger partial charge in [-0.15, -0.1) is 0 Å². The van der Waals surface area contributed by atoms with Crippen LogP contribution in [-0.2, 0) is 23.8 Å². The van der Waals surface area contributed by atoms with Crippen LogP contribution in [0, 0.1) is 12.3 Å². The molecule has 1 heterocycles. The summed E-state index contributed by atoms with van der Waals surface area (Å²) < 4.78 is 41.0. The fourth-order valence-electron chi connectivity index (χ4n) is 4.49. The number of benzene rings is 1. The number of hydrogen-bond acceptors (Lipinski definition) is 6. The Morgan fingerprint density at radius 3 is 2.19 bits per heavy atom. The number of rotatable bonds is 6. The number of likely N-dealkylation sites (tertiary alicyclic amines) is 1. The van der Waals surface area contributed by atoms with Crippen LogP contribution in [0.5, 0.6) is 0 Å². The molecule has 1 aromatic rings. The van der Waals surface area contributed by atoms with E-state index in [-0.39, 0.29) is 35.7 Å². The van der Waals surface area contributed by atoms with Gasteiger partial charge in [-0.2, -0.15) is 8.42 Å². The second kappa shape index (κ2) is 10.1. The van der Waals surface area contributed by atoms with E-state index in [4.69, 9.17) is 13.7 Å². The van der Waals surface area contributed by atoms with Crippen LogP contribution >= 0.6 is 0 Å². The minimum absolute atomic E-state index is 0.0166. The van der Waals surface area contributed by atoms with E-state index in [1.807, 2.05) is 32.6 Å². The van der Waals surface area contributed by atoms with E-state index in [2.05, 4.69) is 0 Å². The van der Waals surface area contributed by atoms with Crippen LogP contribution in [0.3, 0.4) is 0 Å². The Bertz CT molecular complexity index is 857. The van der Waals surface area contributed by atoms with Crippen molar-refractivity contribution in [3.63, 3.8) is 0 Å². The molecule has 0 bridgehead atoms. The van der Waals surface area contributed by atoms with Crippen LogP contribution in [0.25, 0.3) is 0 Å². The third-order valence-electron chi connectivity index (χ3n) is 6.45. The van der Waals surface area contributed by atoms with Crippen LogP contribution in [0.4, 0.5) is 4.79 Å². The molecule has 1 aromatic carbocycles.